The fourth-order valence-corrected chi connectivity index (χ4v) is 9.70. The van der Waals surface area contributed by atoms with Crippen LogP contribution in [-0.2, 0) is 44.8 Å². The first-order valence-corrected chi connectivity index (χ1v) is 29.8. The Morgan fingerprint density at radius 3 is 1.64 bits per heavy atom. The number of carbonyl (C=O) groups is 9. The number of hydrogen-bond acceptors (Lipinski definition) is 19. The van der Waals surface area contributed by atoms with Crippen molar-refractivity contribution in [2.24, 2.45) is 17.2 Å². The number of carbonyl (C=O) groups excluding carboxylic acids is 5. The third-order valence-corrected chi connectivity index (χ3v) is 15.7. The van der Waals surface area contributed by atoms with Crippen LogP contribution in [0.5, 0.6) is 11.5 Å². The number of nitrogens with one attached hydrogen (secondary N) is 4. The molecule has 5 rings (SSSR count). The van der Waals surface area contributed by atoms with Crippen molar-refractivity contribution in [1.82, 2.24) is 36.1 Å². The monoisotopic (exact) mass is 1440 g/mol. The lowest BCUT2D eigenvalue weighted by Crippen LogP contribution is -2.56. The van der Waals surface area contributed by atoms with Gasteiger partial charge in [-0.1, -0.05) is 78.8 Å². The van der Waals surface area contributed by atoms with E-state index in [4.69, 9.17) is 66.3 Å². The number of benzene rings is 3. The van der Waals surface area contributed by atoms with Crippen molar-refractivity contribution >= 4 is 75.0 Å². The first kappa shape index (κ1) is 85.8. The normalized spacial score (nSPS) is 15.3. The lowest BCUT2D eigenvalue weighted by atomic mass is 9.93. The van der Waals surface area contributed by atoms with E-state index in [9.17, 15) is 81.9 Å². The van der Waals surface area contributed by atoms with Gasteiger partial charge < -0.3 is 73.3 Å². The SMILES string of the molecule is Cc1nc(-c2ccc([C@@H](C)SSC(C)(C)C)cc2)ncc1C(=O)N[C@@H](CCN)C(=O)N(C)[C@@H]1C(=O)N[C@@H](C)C(=O)N[C@H](C(=O)NCC#N)Cc2ccc(OCCN)c(c2)-c2cc1ccc2OCCN.O=C(O)C(F)(F)F.O=C(O)C(F)(F)F.O=C(O)C(F)(F)F.O=C(O)C(F)(F)F. The number of nitrogens with two attached hydrogens (primary N) is 3. The summed E-state index contributed by atoms with van der Waals surface area (Å²) in [6.45, 7) is 12.2. The van der Waals surface area contributed by atoms with Crippen molar-refractivity contribution < 1.29 is 126 Å². The van der Waals surface area contributed by atoms with Gasteiger partial charge in [-0.3, -0.25) is 24.0 Å². The Hall–Kier alpha value is -9.20. The van der Waals surface area contributed by atoms with Crippen LogP contribution < -0.4 is 47.9 Å². The second kappa shape index (κ2) is 38.5. The molecule has 0 saturated heterocycles. The number of carboxylic acid groups (broad SMARTS) is 4. The van der Waals surface area contributed by atoms with Gasteiger partial charge in [-0.2, -0.15) is 57.9 Å². The lowest BCUT2D eigenvalue weighted by Gasteiger charge is -2.32. The second-order valence-corrected chi connectivity index (χ2v) is 24.0. The number of aryl methyl sites for hydroxylation is 1. The van der Waals surface area contributed by atoms with E-state index >= 15 is 0 Å². The van der Waals surface area contributed by atoms with Gasteiger partial charge in [0.25, 0.3) is 5.91 Å². The molecule has 1 aliphatic rings. The van der Waals surface area contributed by atoms with Crippen LogP contribution >= 0.6 is 21.6 Å². The highest BCUT2D eigenvalue weighted by atomic mass is 33.1. The number of carboxylic acids is 4. The number of hydrogen-bond donors (Lipinski definition) is 11. The predicted molar refractivity (Wildman–Crippen MR) is 324 cm³/mol. The summed E-state index contributed by atoms with van der Waals surface area (Å²) in [7, 11) is 5.05. The van der Waals surface area contributed by atoms with Crippen LogP contribution in [0.15, 0.2) is 66.9 Å². The number of ether oxygens (including phenoxy) is 2. The molecule has 3 aromatic carbocycles. The molecule has 0 fully saturated rings. The molecule has 40 heteroatoms. The van der Waals surface area contributed by atoms with Crippen LogP contribution in [0.3, 0.4) is 0 Å². The number of nitrogens with zero attached hydrogens (tertiary/aromatic N) is 4. The molecule has 0 spiro atoms. The summed E-state index contributed by atoms with van der Waals surface area (Å²) in [5, 5.41) is 48.7. The summed E-state index contributed by atoms with van der Waals surface area (Å²) in [6, 6.07) is 15.0. The zero-order valence-corrected chi connectivity index (χ0v) is 53.7. The molecule has 0 radical (unpaired) electrons. The van der Waals surface area contributed by atoms with E-state index in [2.05, 4.69) is 58.9 Å². The molecule has 1 aromatic heterocycles. The van der Waals surface area contributed by atoms with E-state index in [-0.39, 0.29) is 67.8 Å². The number of nitriles is 1. The lowest BCUT2D eigenvalue weighted by molar-refractivity contribution is -0.193. The average Bonchev–Trinajstić information content (AvgIpc) is 0.786. The van der Waals surface area contributed by atoms with E-state index in [1.54, 1.807) is 43.3 Å². The molecule has 4 aromatic rings. The van der Waals surface area contributed by atoms with Crippen molar-refractivity contribution in [2.75, 3.05) is 46.4 Å². The van der Waals surface area contributed by atoms with Gasteiger partial charge >= 0.3 is 48.6 Å². The smallest absolute Gasteiger partial charge is 0.490 e. The maximum atomic E-state index is 14.7. The van der Waals surface area contributed by atoms with Gasteiger partial charge in [-0.25, -0.2) is 29.1 Å². The molecule has 536 valence electrons. The predicted octanol–water partition coefficient (Wildman–Crippen LogP) is 6.40. The van der Waals surface area contributed by atoms with Crippen LogP contribution in [0.1, 0.15) is 85.1 Å². The maximum Gasteiger partial charge on any atom is 0.490 e. The summed E-state index contributed by atoms with van der Waals surface area (Å²) < 4.78 is 139. The van der Waals surface area contributed by atoms with Crippen LogP contribution in [-0.4, -0.2) is 183 Å². The average molecular weight is 1440 g/mol. The van der Waals surface area contributed by atoms with Gasteiger partial charge in [-0.15, -0.1) is 0 Å². The van der Waals surface area contributed by atoms with E-state index in [1.165, 1.54) is 25.1 Å². The van der Waals surface area contributed by atoms with Gasteiger partial charge in [-0.05, 0) is 74.7 Å². The highest BCUT2D eigenvalue weighted by Crippen LogP contribution is 2.45. The number of amides is 5. The van der Waals surface area contributed by atoms with Crippen LogP contribution in [0.4, 0.5) is 52.7 Å². The number of aliphatic carboxylic acids is 4. The Bertz CT molecular complexity index is 3310. The summed E-state index contributed by atoms with van der Waals surface area (Å²) in [6.07, 6.45) is -18.9. The van der Waals surface area contributed by atoms with E-state index < -0.39 is 102 Å². The van der Waals surface area contributed by atoms with Gasteiger partial charge in [0, 0.05) is 59.4 Å². The molecule has 97 heavy (non-hydrogen) atoms. The molecule has 14 N–H and O–H groups in total. The first-order chi connectivity index (χ1) is 44.7. The van der Waals surface area contributed by atoms with Gasteiger partial charge in [0.05, 0.1) is 17.3 Å². The fourth-order valence-electron chi connectivity index (χ4n) is 7.37. The molecule has 0 aliphatic carbocycles. The minimum absolute atomic E-state index is 0.000554. The molecule has 2 heterocycles. The quantitative estimate of drug-likeness (QED) is 0.0291. The number of likely N-dealkylation sites (N-methyl/N-ethyl adjacent to an activating group) is 1. The van der Waals surface area contributed by atoms with Crippen molar-refractivity contribution in [3.8, 4) is 40.1 Å². The molecule has 5 amide bonds. The molecule has 4 bridgehead atoms. The molecule has 5 atom stereocenters. The summed E-state index contributed by atoms with van der Waals surface area (Å²) in [5.41, 5.74) is 22.0. The first-order valence-electron chi connectivity index (χ1n) is 27.6. The Morgan fingerprint density at radius 1 is 0.732 bits per heavy atom. The maximum absolute atomic E-state index is 14.7. The molecule has 0 saturated carbocycles. The highest BCUT2D eigenvalue weighted by molar-refractivity contribution is 8.77. The Morgan fingerprint density at radius 2 is 1.21 bits per heavy atom. The summed E-state index contributed by atoms with van der Waals surface area (Å²) >= 11 is 0. The number of rotatable bonds is 18. The van der Waals surface area contributed by atoms with Crippen molar-refractivity contribution in [3.05, 3.63) is 94.8 Å². The Balaban J connectivity index is 0.00000139. The summed E-state index contributed by atoms with van der Waals surface area (Å²) in [4.78, 5) is 116. The second-order valence-electron chi connectivity index (χ2n) is 20.6. The number of fused-ring (bicyclic) bond motifs is 5. The highest BCUT2D eigenvalue weighted by Gasteiger charge is 2.41. The Labute approximate surface area is 552 Å². The number of alkyl halides is 12. The van der Waals surface area contributed by atoms with Crippen LogP contribution in [0.2, 0.25) is 0 Å². The molecular formula is C57H67F12N11O15S2. The standard InChI is InChI=1S/C49H63N11O7S2.4C2HF3O2/c1-28-37(27-55-43(56-28)33-11-9-32(10-12-33)30(3)68-69-49(4,5)6)45(62)58-38(16-17-50)48(65)60(7)42-34-13-15-41(67-23-20-53)36(26-34)35-24-31(8-14-40(35)66-22-19-52)25-39(46(63)54-21-18-51)59-44(61)29(2)57-47(42)64;4*3-2(4,5)1(6)7/h8-15,24,26-27,29-30,38-39,42H,16-17,19-23,25,50,52-53H2,1-7H3,(H,54,63)(H,57,64)(H,58,62)(H,59,61);4*(H,6,7)/t29-,30+,38-,39-,42-;;;;/m0..../s1. The minimum Gasteiger partial charge on any atom is -0.492 e. The molecule has 1 aliphatic heterocycles. The topological polar surface area (TPSA) is 432 Å². The van der Waals surface area contributed by atoms with Crippen LogP contribution in [0, 0.1) is 18.3 Å². The largest absolute Gasteiger partial charge is 0.492 e. The molecule has 0 unspecified atom stereocenters. The van der Waals surface area contributed by atoms with Gasteiger partial charge in [0.2, 0.25) is 23.6 Å². The zero-order valence-electron chi connectivity index (χ0n) is 52.0. The van der Waals surface area contributed by atoms with Gasteiger partial charge in [0.1, 0.15) is 55.4 Å². The Kier molecular flexibility index (Phi) is 34.1. The van der Waals surface area contributed by atoms with Crippen molar-refractivity contribution in [2.45, 2.75) is 113 Å². The number of aromatic nitrogens is 2. The number of halogens is 12. The van der Waals surface area contributed by atoms with Gasteiger partial charge in [0.15, 0.2) is 5.82 Å². The van der Waals surface area contributed by atoms with E-state index in [1.807, 2.05) is 51.9 Å². The zero-order chi connectivity index (χ0) is 74.7. The molecular weight excluding hydrogens is 1370 g/mol. The minimum atomic E-state index is -5.08. The molecule has 26 nitrogen and oxygen atoms in total. The fraction of sp³-hybridized carbons (Fsp3) is 0.439. The van der Waals surface area contributed by atoms with Crippen molar-refractivity contribution in [3.63, 3.8) is 0 Å². The third kappa shape index (κ3) is 29.8. The van der Waals surface area contributed by atoms with E-state index in [0.717, 1.165) is 11.1 Å². The van der Waals surface area contributed by atoms with Crippen molar-refractivity contribution in [1.29, 1.82) is 5.26 Å². The van der Waals surface area contributed by atoms with E-state index in [0.29, 0.717) is 45.3 Å². The summed E-state index contributed by atoms with van der Waals surface area (Å²) in [5.74, 6) is -13.2. The third-order valence-electron chi connectivity index (χ3n) is 11.9. The van der Waals surface area contributed by atoms with Crippen LogP contribution in [0.25, 0.3) is 22.5 Å².